The molecule has 0 aliphatic rings. The van der Waals surface area contributed by atoms with E-state index in [2.05, 4.69) is 12.1 Å². The van der Waals surface area contributed by atoms with Gasteiger partial charge in [0.1, 0.15) is 5.84 Å². The van der Waals surface area contributed by atoms with Gasteiger partial charge in [-0.15, -0.1) is 0 Å². The number of nitrogens with zero attached hydrogens (tertiary/aromatic N) is 1. The number of unbranched alkanes of at least 4 members (excludes halogenated alkanes) is 6. The molecule has 0 saturated carbocycles. The third-order valence-electron chi connectivity index (χ3n) is 2.65. The van der Waals surface area contributed by atoms with Crippen molar-refractivity contribution in [1.82, 2.24) is 0 Å². The van der Waals surface area contributed by atoms with Gasteiger partial charge in [-0.05, 0) is 6.42 Å². The van der Waals surface area contributed by atoms with E-state index < -0.39 is 7.37 Å². The molecule has 0 radical (unpaired) electrons. The van der Waals surface area contributed by atoms with Gasteiger partial charge in [0.2, 0.25) is 7.37 Å². The first kappa shape index (κ1) is 16.5. The van der Waals surface area contributed by atoms with E-state index in [9.17, 15) is 9.46 Å². The van der Waals surface area contributed by atoms with Gasteiger partial charge in [-0.3, -0.25) is 4.57 Å². The fourth-order valence-electron chi connectivity index (χ4n) is 1.68. The molecule has 0 aliphatic carbocycles. The normalized spacial score (nSPS) is 15.8. The van der Waals surface area contributed by atoms with E-state index in [1.807, 2.05) is 0 Å². The van der Waals surface area contributed by atoms with E-state index in [0.717, 1.165) is 19.3 Å². The second-order valence-corrected chi connectivity index (χ2v) is 6.90. The van der Waals surface area contributed by atoms with Crippen molar-refractivity contribution in [3.05, 3.63) is 0 Å². The average Bonchev–Trinajstić information content (AvgIpc) is 2.27. The van der Waals surface area contributed by atoms with Crippen LogP contribution in [0.2, 0.25) is 0 Å². The molecule has 0 bridgehead atoms. The van der Waals surface area contributed by atoms with Crippen LogP contribution >= 0.6 is 7.37 Å². The highest BCUT2D eigenvalue weighted by Crippen LogP contribution is 2.41. The van der Waals surface area contributed by atoms with Crippen molar-refractivity contribution in [3.63, 3.8) is 0 Å². The maximum atomic E-state index is 11.6. The van der Waals surface area contributed by atoms with Gasteiger partial charge < -0.3 is 15.8 Å². The molecule has 0 fully saturated rings. The van der Waals surface area contributed by atoms with E-state index >= 15 is 0 Å². The van der Waals surface area contributed by atoms with Gasteiger partial charge in [-0.2, -0.15) is 0 Å². The minimum atomic E-state index is -3.24. The maximum Gasteiger partial charge on any atom is 0.208 e. The van der Waals surface area contributed by atoms with Crippen LogP contribution in [0.3, 0.4) is 0 Å². The third kappa shape index (κ3) is 10.3. The summed E-state index contributed by atoms with van der Waals surface area (Å²) in [5.74, 6) is -0.168. The third-order valence-corrected chi connectivity index (χ3v) is 4.48. The van der Waals surface area contributed by atoms with Crippen molar-refractivity contribution < 1.29 is 14.7 Å². The van der Waals surface area contributed by atoms with E-state index in [0.29, 0.717) is 0 Å². The Kier molecular flexibility index (Phi) is 9.18. The molecule has 6 heteroatoms. The molecule has 17 heavy (non-hydrogen) atoms. The lowest BCUT2D eigenvalue weighted by Crippen LogP contribution is -2.17. The highest BCUT2D eigenvalue weighted by atomic mass is 31.2. The highest BCUT2D eigenvalue weighted by molar-refractivity contribution is 7.58. The summed E-state index contributed by atoms with van der Waals surface area (Å²) in [6, 6.07) is 0. The monoisotopic (exact) mass is 264 g/mol. The van der Waals surface area contributed by atoms with Crippen molar-refractivity contribution >= 4 is 13.2 Å². The standard InChI is InChI=1S/C11H25N2O3P/c1-2-3-4-5-6-7-8-9-17(15,16)10-11(12)13-14/h14H,2-10H2,1H3,(H2,12,13)(H,15,16). The van der Waals surface area contributed by atoms with Crippen molar-refractivity contribution in [1.29, 1.82) is 0 Å². The number of hydrogen-bond acceptors (Lipinski definition) is 3. The topological polar surface area (TPSA) is 95.9 Å². The number of rotatable bonds is 10. The molecule has 1 unspecified atom stereocenters. The van der Waals surface area contributed by atoms with Gasteiger partial charge in [-0.25, -0.2) is 0 Å². The molecule has 0 aromatic heterocycles. The molecular formula is C11H25N2O3P. The maximum absolute atomic E-state index is 11.6. The summed E-state index contributed by atoms with van der Waals surface area (Å²) in [5, 5.41) is 11.0. The zero-order valence-corrected chi connectivity index (χ0v) is 11.5. The predicted octanol–water partition coefficient (Wildman–Crippen LogP) is 2.75. The van der Waals surface area contributed by atoms with Crippen LogP contribution in [0.5, 0.6) is 0 Å². The largest absolute Gasteiger partial charge is 0.409 e. The Balaban J connectivity index is 3.56. The van der Waals surface area contributed by atoms with E-state index in [1.165, 1.54) is 25.7 Å². The first-order chi connectivity index (χ1) is 8.02. The summed E-state index contributed by atoms with van der Waals surface area (Å²) in [6.07, 6.45) is 7.82. The average molecular weight is 264 g/mol. The van der Waals surface area contributed by atoms with Crippen LogP contribution in [-0.4, -0.2) is 28.3 Å². The van der Waals surface area contributed by atoms with Crippen LogP contribution in [0.25, 0.3) is 0 Å². The van der Waals surface area contributed by atoms with Gasteiger partial charge >= 0.3 is 0 Å². The molecule has 5 nitrogen and oxygen atoms in total. The summed E-state index contributed by atoms with van der Waals surface area (Å²) in [4.78, 5) is 9.54. The van der Waals surface area contributed by atoms with Crippen LogP contribution in [0.1, 0.15) is 51.9 Å². The van der Waals surface area contributed by atoms with Gasteiger partial charge in [0.15, 0.2) is 0 Å². The Morgan fingerprint density at radius 2 is 1.71 bits per heavy atom. The molecule has 0 saturated heterocycles. The lowest BCUT2D eigenvalue weighted by Gasteiger charge is -2.10. The zero-order valence-electron chi connectivity index (χ0n) is 10.6. The fraction of sp³-hybridized carbons (Fsp3) is 0.909. The molecule has 0 amide bonds. The quantitative estimate of drug-likeness (QED) is 0.141. The van der Waals surface area contributed by atoms with E-state index in [-0.39, 0.29) is 18.2 Å². The van der Waals surface area contributed by atoms with Crippen molar-refractivity contribution in [3.8, 4) is 0 Å². The van der Waals surface area contributed by atoms with E-state index in [4.69, 9.17) is 10.9 Å². The molecule has 0 aliphatic heterocycles. The fourth-order valence-corrected chi connectivity index (χ4v) is 3.13. The van der Waals surface area contributed by atoms with Crippen LogP contribution in [0.4, 0.5) is 0 Å². The lowest BCUT2D eigenvalue weighted by molar-refractivity contribution is 0.318. The Morgan fingerprint density at radius 1 is 1.18 bits per heavy atom. The summed E-state index contributed by atoms with van der Waals surface area (Å²) in [6.45, 7) is 2.18. The van der Waals surface area contributed by atoms with Gasteiger partial charge in [-0.1, -0.05) is 50.6 Å². The summed E-state index contributed by atoms with van der Waals surface area (Å²) >= 11 is 0. The second-order valence-electron chi connectivity index (χ2n) is 4.44. The Labute approximate surface area is 104 Å². The molecule has 0 heterocycles. The Hall–Kier alpha value is -0.540. The minimum absolute atomic E-state index is 0.168. The van der Waals surface area contributed by atoms with Crippen LogP contribution in [0.15, 0.2) is 5.16 Å². The summed E-state index contributed by atoms with van der Waals surface area (Å²) in [5.41, 5.74) is 5.21. The number of oxime groups is 1. The molecule has 0 aromatic carbocycles. The zero-order chi connectivity index (χ0) is 13.1. The minimum Gasteiger partial charge on any atom is -0.409 e. The Bertz CT molecular complexity index is 269. The molecule has 102 valence electrons. The SMILES string of the molecule is CCCCCCCCCP(=O)(O)CC(N)=NO. The second kappa shape index (κ2) is 9.49. The van der Waals surface area contributed by atoms with Crippen molar-refractivity contribution in [2.75, 3.05) is 12.3 Å². The molecule has 0 spiro atoms. The molecule has 0 aromatic rings. The lowest BCUT2D eigenvalue weighted by atomic mass is 10.1. The number of hydrogen-bond donors (Lipinski definition) is 3. The van der Waals surface area contributed by atoms with E-state index in [1.54, 1.807) is 0 Å². The highest BCUT2D eigenvalue weighted by Gasteiger charge is 2.19. The van der Waals surface area contributed by atoms with Gasteiger partial charge in [0.05, 0.1) is 6.16 Å². The van der Waals surface area contributed by atoms with Crippen molar-refractivity contribution in [2.24, 2.45) is 10.9 Å². The first-order valence-corrected chi connectivity index (χ1v) is 8.32. The number of amidine groups is 1. The van der Waals surface area contributed by atoms with Crippen molar-refractivity contribution in [2.45, 2.75) is 51.9 Å². The summed E-state index contributed by atoms with van der Waals surface area (Å²) in [7, 11) is -3.24. The van der Waals surface area contributed by atoms with Crippen LogP contribution < -0.4 is 5.73 Å². The van der Waals surface area contributed by atoms with Gasteiger partial charge in [0.25, 0.3) is 0 Å². The predicted molar refractivity (Wildman–Crippen MR) is 71.0 cm³/mol. The molecule has 0 rings (SSSR count). The van der Waals surface area contributed by atoms with Gasteiger partial charge in [0, 0.05) is 6.16 Å². The molecular weight excluding hydrogens is 239 g/mol. The van der Waals surface area contributed by atoms with Crippen LogP contribution in [0, 0.1) is 0 Å². The molecule has 4 N–H and O–H groups in total. The molecule has 1 atom stereocenters. The summed E-state index contributed by atoms with van der Waals surface area (Å²) < 4.78 is 11.6. The Morgan fingerprint density at radius 3 is 2.24 bits per heavy atom. The smallest absolute Gasteiger partial charge is 0.208 e. The number of nitrogens with two attached hydrogens (primary N) is 1. The van der Waals surface area contributed by atoms with Crippen LogP contribution in [-0.2, 0) is 4.57 Å². The first-order valence-electron chi connectivity index (χ1n) is 6.29.